The molecule has 0 aliphatic rings. The number of nitrogen functional groups attached to an aromatic ring is 3. The predicted octanol–water partition coefficient (Wildman–Crippen LogP) is 1.00. The Bertz CT molecular complexity index is 633. The van der Waals surface area contributed by atoms with Gasteiger partial charge in [-0.2, -0.15) is 9.97 Å². The van der Waals surface area contributed by atoms with Crippen molar-refractivity contribution in [2.75, 3.05) is 23.7 Å². The van der Waals surface area contributed by atoms with Gasteiger partial charge in [-0.15, -0.1) is 11.3 Å². The van der Waals surface area contributed by atoms with Crippen LogP contribution in [-0.4, -0.2) is 21.4 Å². The number of rotatable bonds is 4. The normalized spacial score (nSPS) is 12.2. The van der Waals surface area contributed by atoms with Gasteiger partial charge in [-0.05, 0) is 19.1 Å². The zero-order valence-electron chi connectivity index (χ0n) is 10.7. The lowest BCUT2D eigenvalue weighted by Crippen LogP contribution is -2.18. The summed E-state index contributed by atoms with van der Waals surface area (Å²) in [4.78, 5) is 20.0. The van der Waals surface area contributed by atoms with Gasteiger partial charge < -0.3 is 17.2 Å². The molecule has 6 N–H and O–H groups in total. The summed E-state index contributed by atoms with van der Waals surface area (Å²) in [5.74, 6) is -0.476. The minimum Gasteiger partial charge on any atom is -0.383 e. The van der Waals surface area contributed by atoms with E-state index < -0.39 is 10.8 Å². The Kier molecular flexibility index (Phi) is 3.70. The second-order valence-corrected chi connectivity index (χ2v) is 5.60. The highest BCUT2D eigenvalue weighted by molar-refractivity contribution is 7.12. The molecule has 8 nitrogen and oxygen atoms in total. The van der Waals surface area contributed by atoms with Gasteiger partial charge in [0, 0.05) is 14.7 Å². The first-order chi connectivity index (χ1) is 9.38. The molecule has 0 saturated carbocycles. The maximum atomic E-state index is 10.9. The number of aryl methyl sites for hydroxylation is 1. The highest BCUT2D eigenvalue weighted by Gasteiger charge is 2.27. The van der Waals surface area contributed by atoms with Gasteiger partial charge in [0.2, 0.25) is 12.5 Å². The molecule has 1 atom stereocenters. The fraction of sp³-hybridized carbons (Fsp3) is 0.273. The van der Waals surface area contributed by atoms with Crippen LogP contribution in [0.2, 0.25) is 0 Å². The van der Waals surface area contributed by atoms with E-state index in [9.17, 15) is 10.1 Å². The summed E-state index contributed by atoms with van der Waals surface area (Å²) in [6.45, 7) is 1.59. The fourth-order valence-corrected chi connectivity index (χ4v) is 2.97. The molecule has 0 spiro atoms. The Balaban J connectivity index is 2.55. The van der Waals surface area contributed by atoms with Gasteiger partial charge in [-0.1, -0.05) is 0 Å². The summed E-state index contributed by atoms with van der Waals surface area (Å²) >= 11 is 1.45. The molecule has 0 fully saturated rings. The molecule has 2 aromatic heterocycles. The second kappa shape index (κ2) is 5.29. The SMILES string of the molecule is Cc1ccc(C(C[N+](=O)[O-])c2c(N)nc(N)nc2N)s1. The van der Waals surface area contributed by atoms with Crippen molar-refractivity contribution in [3.05, 3.63) is 37.6 Å². The van der Waals surface area contributed by atoms with Gasteiger partial charge in [0.25, 0.3) is 0 Å². The molecule has 9 heteroatoms. The lowest BCUT2D eigenvalue weighted by atomic mass is 9.98. The summed E-state index contributed by atoms with van der Waals surface area (Å²) < 4.78 is 0. The van der Waals surface area contributed by atoms with Crippen molar-refractivity contribution in [3.63, 3.8) is 0 Å². The van der Waals surface area contributed by atoms with E-state index in [2.05, 4.69) is 9.97 Å². The molecule has 0 saturated heterocycles. The maximum absolute atomic E-state index is 10.9. The highest BCUT2D eigenvalue weighted by Crippen LogP contribution is 2.35. The molecule has 20 heavy (non-hydrogen) atoms. The zero-order chi connectivity index (χ0) is 14.9. The summed E-state index contributed by atoms with van der Waals surface area (Å²) in [6.07, 6.45) is 0. The third-order valence-electron chi connectivity index (χ3n) is 2.81. The molecule has 0 bridgehead atoms. The average Bonchev–Trinajstić information content (AvgIpc) is 2.72. The van der Waals surface area contributed by atoms with Crippen LogP contribution in [0.1, 0.15) is 21.2 Å². The van der Waals surface area contributed by atoms with E-state index in [0.29, 0.717) is 5.56 Å². The molecule has 2 aromatic rings. The summed E-state index contributed by atoms with van der Waals surface area (Å²) in [5.41, 5.74) is 17.4. The molecular weight excluding hydrogens is 280 g/mol. The third-order valence-corrected chi connectivity index (χ3v) is 3.92. The molecule has 0 radical (unpaired) electrons. The van der Waals surface area contributed by atoms with Crippen LogP contribution in [0.25, 0.3) is 0 Å². The number of anilines is 3. The monoisotopic (exact) mass is 294 g/mol. The molecule has 106 valence electrons. The van der Waals surface area contributed by atoms with Crippen molar-refractivity contribution in [3.8, 4) is 0 Å². The van der Waals surface area contributed by atoms with Gasteiger partial charge in [0.15, 0.2) is 0 Å². The first-order valence-electron chi connectivity index (χ1n) is 5.75. The van der Waals surface area contributed by atoms with Crippen LogP contribution in [0, 0.1) is 17.0 Å². The summed E-state index contributed by atoms with van der Waals surface area (Å²) in [6, 6.07) is 3.71. The molecular formula is C11H14N6O2S. The van der Waals surface area contributed by atoms with Crippen molar-refractivity contribution >= 4 is 28.9 Å². The smallest absolute Gasteiger partial charge is 0.223 e. The van der Waals surface area contributed by atoms with Crippen LogP contribution in [0.3, 0.4) is 0 Å². The van der Waals surface area contributed by atoms with Crippen molar-refractivity contribution in [2.45, 2.75) is 12.8 Å². The first-order valence-corrected chi connectivity index (χ1v) is 6.56. The Labute approximate surface area is 118 Å². The Hall–Kier alpha value is -2.42. The molecule has 0 aliphatic carbocycles. The minimum atomic E-state index is -0.579. The van der Waals surface area contributed by atoms with Gasteiger partial charge in [-0.25, -0.2) is 0 Å². The van der Waals surface area contributed by atoms with Gasteiger partial charge in [-0.3, -0.25) is 10.1 Å². The van der Waals surface area contributed by atoms with Crippen LogP contribution in [-0.2, 0) is 0 Å². The topological polar surface area (TPSA) is 147 Å². The molecule has 1 unspecified atom stereocenters. The number of thiophene rings is 1. The van der Waals surface area contributed by atoms with Crippen LogP contribution in [0.4, 0.5) is 17.6 Å². The fourth-order valence-electron chi connectivity index (χ4n) is 1.99. The van der Waals surface area contributed by atoms with Crippen LogP contribution >= 0.6 is 11.3 Å². The quantitative estimate of drug-likeness (QED) is 0.562. The second-order valence-electron chi connectivity index (χ2n) is 4.28. The van der Waals surface area contributed by atoms with Gasteiger partial charge in [0.1, 0.15) is 11.6 Å². The molecule has 0 aliphatic heterocycles. The summed E-state index contributed by atoms with van der Waals surface area (Å²) in [5, 5.41) is 10.9. The standard InChI is InChI=1S/C11H14N6O2S/c1-5-2-3-7(20-5)6(4-17(18)19)8-9(12)15-11(14)16-10(8)13/h2-3,6H,4H2,1H3,(H6,12,13,14,15,16). The number of nitrogens with two attached hydrogens (primary N) is 3. The van der Waals surface area contributed by atoms with E-state index in [-0.39, 0.29) is 24.1 Å². The Morgan fingerprint density at radius 1 is 1.30 bits per heavy atom. The van der Waals surface area contributed by atoms with E-state index in [1.807, 2.05) is 19.1 Å². The molecule has 0 aromatic carbocycles. The van der Waals surface area contributed by atoms with Crippen LogP contribution in [0.15, 0.2) is 12.1 Å². The van der Waals surface area contributed by atoms with E-state index in [0.717, 1.165) is 9.75 Å². The summed E-state index contributed by atoms with van der Waals surface area (Å²) in [7, 11) is 0. The third kappa shape index (κ3) is 2.77. The van der Waals surface area contributed by atoms with E-state index >= 15 is 0 Å². The zero-order valence-corrected chi connectivity index (χ0v) is 11.6. The van der Waals surface area contributed by atoms with Crippen LogP contribution < -0.4 is 17.2 Å². The maximum Gasteiger partial charge on any atom is 0.223 e. The van der Waals surface area contributed by atoms with Crippen molar-refractivity contribution in [2.24, 2.45) is 0 Å². The van der Waals surface area contributed by atoms with E-state index in [1.54, 1.807) is 0 Å². The van der Waals surface area contributed by atoms with Crippen molar-refractivity contribution in [1.82, 2.24) is 9.97 Å². The number of hydrogen-bond acceptors (Lipinski definition) is 8. The lowest BCUT2D eigenvalue weighted by molar-refractivity contribution is -0.481. The lowest BCUT2D eigenvalue weighted by Gasteiger charge is -2.15. The van der Waals surface area contributed by atoms with Crippen molar-refractivity contribution < 1.29 is 4.92 Å². The van der Waals surface area contributed by atoms with E-state index in [1.165, 1.54) is 11.3 Å². The van der Waals surface area contributed by atoms with Gasteiger partial charge >= 0.3 is 0 Å². The molecule has 2 heterocycles. The van der Waals surface area contributed by atoms with Gasteiger partial charge in [0.05, 0.1) is 11.5 Å². The number of nitro groups is 1. The Morgan fingerprint density at radius 3 is 2.35 bits per heavy atom. The van der Waals surface area contributed by atoms with E-state index in [4.69, 9.17) is 17.2 Å². The number of nitrogens with zero attached hydrogens (tertiary/aromatic N) is 3. The average molecular weight is 294 g/mol. The number of hydrogen-bond donors (Lipinski definition) is 3. The van der Waals surface area contributed by atoms with Crippen molar-refractivity contribution in [1.29, 1.82) is 0 Å². The highest BCUT2D eigenvalue weighted by atomic mass is 32.1. The van der Waals surface area contributed by atoms with Crippen LogP contribution in [0.5, 0.6) is 0 Å². The largest absolute Gasteiger partial charge is 0.383 e. The molecule has 0 amide bonds. The minimum absolute atomic E-state index is 0.0500. The predicted molar refractivity (Wildman–Crippen MR) is 78.0 cm³/mol. The number of aromatic nitrogens is 2. The Morgan fingerprint density at radius 2 is 1.90 bits per heavy atom. The first kappa shape index (κ1) is 14.0. The molecule has 2 rings (SSSR count).